The molecule has 0 heterocycles. The van der Waals surface area contributed by atoms with Crippen LogP contribution in [0.25, 0.3) is 0 Å². The Labute approximate surface area is 167 Å². The van der Waals surface area contributed by atoms with Gasteiger partial charge in [0.2, 0.25) is 0 Å². The predicted molar refractivity (Wildman–Crippen MR) is 108 cm³/mol. The monoisotopic (exact) mass is 445 g/mol. The van der Waals surface area contributed by atoms with Gasteiger partial charge in [0, 0.05) is 26.6 Å². The molecule has 2 aromatic carbocycles. The summed E-state index contributed by atoms with van der Waals surface area (Å²) in [6.45, 7) is 4.30. The van der Waals surface area contributed by atoms with Gasteiger partial charge in [0.15, 0.2) is 11.5 Å². The quantitative estimate of drug-likeness (QED) is 0.463. The SMILES string of the molecule is CCCCNCc1cc(OC)c(OCc2ccc(Cl)cc2Cl)cc1Br. The van der Waals surface area contributed by atoms with Gasteiger partial charge in [-0.05, 0) is 42.8 Å². The van der Waals surface area contributed by atoms with Gasteiger partial charge in [-0.15, -0.1) is 0 Å². The van der Waals surface area contributed by atoms with Crippen LogP contribution in [0.2, 0.25) is 10.0 Å². The van der Waals surface area contributed by atoms with E-state index in [4.69, 9.17) is 32.7 Å². The molecule has 2 rings (SSSR count). The molecule has 0 amide bonds. The Hall–Kier alpha value is -0.940. The van der Waals surface area contributed by atoms with E-state index in [-0.39, 0.29) is 0 Å². The van der Waals surface area contributed by atoms with Crippen molar-refractivity contribution in [2.45, 2.75) is 32.9 Å². The van der Waals surface area contributed by atoms with Crippen LogP contribution in [0.1, 0.15) is 30.9 Å². The van der Waals surface area contributed by atoms with Crippen molar-refractivity contribution >= 4 is 39.1 Å². The average molecular weight is 447 g/mol. The number of unbranched alkanes of at least 4 members (excludes halogenated alkanes) is 1. The second-order valence-electron chi connectivity index (χ2n) is 5.65. The maximum atomic E-state index is 6.20. The van der Waals surface area contributed by atoms with E-state index in [1.165, 1.54) is 6.42 Å². The Morgan fingerprint density at radius 1 is 1.08 bits per heavy atom. The molecular formula is C19H22BrCl2NO2. The first-order valence-electron chi connectivity index (χ1n) is 8.19. The predicted octanol–water partition coefficient (Wildman–Crippen LogP) is 6.23. The highest BCUT2D eigenvalue weighted by molar-refractivity contribution is 9.10. The summed E-state index contributed by atoms with van der Waals surface area (Å²) in [5, 5.41) is 4.62. The summed E-state index contributed by atoms with van der Waals surface area (Å²) in [7, 11) is 1.64. The van der Waals surface area contributed by atoms with E-state index in [9.17, 15) is 0 Å². The fourth-order valence-corrected chi connectivity index (χ4v) is 3.23. The molecule has 0 aliphatic rings. The van der Waals surface area contributed by atoms with Crippen molar-refractivity contribution in [3.63, 3.8) is 0 Å². The Balaban J connectivity index is 2.08. The van der Waals surface area contributed by atoms with Crippen LogP contribution in [0, 0.1) is 0 Å². The van der Waals surface area contributed by atoms with E-state index in [0.717, 1.165) is 35.1 Å². The summed E-state index contributed by atoms with van der Waals surface area (Å²) < 4.78 is 12.4. The van der Waals surface area contributed by atoms with Crippen LogP contribution in [0.5, 0.6) is 11.5 Å². The topological polar surface area (TPSA) is 30.5 Å². The van der Waals surface area contributed by atoms with Crippen molar-refractivity contribution in [1.82, 2.24) is 5.32 Å². The highest BCUT2D eigenvalue weighted by Gasteiger charge is 2.11. The van der Waals surface area contributed by atoms with Crippen LogP contribution in [-0.4, -0.2) is 13.7 Å². The summed E-state index contributed by atoms with van der Waals surface area (Å²) in [5.74, 6) is 1.36. The third-order valence-corrected chi connectivity index (χ3v) is 5.08. The maximum absolute atomic E-state index is 6.20. The smallest absolute Gasteiger partial charge is 0.162 e. The highest BCUT2D eigenvalue weighted by atomic mass is 79.9. The molecule has 0 atom stereocenters. The molecule has 2 aromatic rings. The van der Waals surface area contributed by atoms with Gasteiger partial charge in [-0.2, -0.15) is 0 Å². The number of halogens is 3. The second-order valence-corrected chi connectivity index (χ2v) is 7.35. The maximum Gasteiger partial charge on any atom is 0.162 e. The van der Waals surface area contributed by atoms with Gasteiger partial charge in [0.25, 0.3) is 0 Å². The van der Waals surface area contributed by atoms with E-state index < -0.39 is 0 Å². The third kappa shape index (κ3) is 6.07. The zero-order chi connectivity index (χ0) is 18.2. The van der Waals surface area contributed by atoms with E-state index in [1.807, 2.05) is 18.2 Å². The number of rotatable bonds is 9. The molecule has 25 heavy (non-hydrogen) atoms. The van der Waals surface area contributed by atoms with Gasteiger partial charge in [0.05, 0.1) is 7.11 Å². The summed E-state index contributed by atoms with van der Waals surface area (Å²) in [4.78, 5) is 0. The van der Waals surface area contributed by atoms with Gasteiger partial charge in [0.1, 0.15) is 6.61 Å². The molecule has 0 radical (unpaired) electrons. The lowest BCUT2D eigenvalue weighted by Gasteiger charge is -2.15. The molecule has 0 fully saturated rings. The Bertz CT molecular complexity index is 710. The van der Waals surface area contributed by atoms with Crippen LogP contribution in [0.4, 0.5) is 0 Å². The number of ether oxygens (including phenoxy) is 2. The van der Waals surface area contributed by atoms with Crippen LogP contribution in [0.3, 0.4) is 0 Å². The molecule has 6 heteroatoms. The first kappa shape index (κ1) is 20.4. The number of nitrogens with one attached hydrogen (secondary N) is 1. The lowest BCUT2D eigenvalue weighted by atomic mass is 10.2. The molecule has 0 bridgehead atoms. The molecule has 0 saturated heterocycles. The van der Waals surface area contributed by atoms with Crippen molar-refractivity contribution in [1.29, 1.82) is 0 Å². The first-order valence-corrected chi connectivity index (χ1v) is 9.74. The molecule has 0 saturated carbocycles. The van der Waals surface area contributed by atoms with Crippen LogP contribution < -0.4 is 14.8 Å². The van der Waals surface area contributed by atoms with E-state index in [1.54, 1.807) is 19.2 Å². The highest BCUT2D eigenvalue weighted by Crippen LogP contribution is 2.34. The number of hydrogen-bond acceptors (Lipinski definition) is 3. The minimum Gasteiger partial charge on any atom is -0.493 e. The van der Waals surface area contributed by atoms with Crippen LogP contribution in [-0.2, 0) is 13.2 Å². The molecular weight excluding hydrogens is 425 g/mol. The van der Waals surface area contributed by atoms with E-state index >= 15 is 0 Å². The first-order chi connectivity index (χ1) is 12.0. The Morgan fingerprint density at radius 2 is 1.88 bits per heavy atom. The fraction of sp³-hybridized carbons (Fsp3) is 0.368. The van der Waals surface area contributed by atoms with Gasteiger partial charge in [-0.25, -0.2) is 0 Å². The zero-order valence-electron chi connectivity index (χ0n) is 14.4. The number of benzene rings is 2. The van der Waals surface area contributed by atoms with Gasteiger partial charge in [-0.1, -0.05) is 58.5 Å². The molecule has 0 aliphatic heterocycles. The van der Waals surface area contributed by atoms with E-state index in [0.29, 0.717) is 28.2 Å². The normalized spacial score (nSPS) is 10.8. The van der Waals surface area contributed by atoms with Gasteiger partial charge in [-0.3, -0.25) is 0 Å². The summed E-state index contributed by atoms with van der Waals surface area (Å²) in [6, 6.07) is 9.28. The lowest BCUT2D eigenvalue weighted by molar-refractivity contribution is 0.284. The van der Waals surface area contributed by atoms with Crippen LogP contribution >= 0.6 is 39.1 Å². The zero-order valence-corrected chi connectivity index (χ0v) is 17.5. The number of hydrogen-bond donors (Lipinski definition) is 1. The molecule has 0 spiro atoms. The Kier molecular flexibility index (Phi) is 8.37. The van der Waals surface area contributed by atoms with Crippen molar-refractivity contribution in [2.75, 3.05) is 13.7 Å². The largest absolute Gasteiger partial charge is 0.493 e. The Morgan fingerprint density at radius 3 is 2.56 bits per heavy atom. The van der Waals surface area contributed by atoms with Gasteiger partial charge < -0.3 is 14.8 Å². The minimum absolute atomic E-state index is 0.340. The molecule has 0 aliphatic carbocycles. The number of methoxy groups -OCH3 is 1. The van der Waals surface area contributed by atoms with Crippen molar-refractivity contribution in [3.05, 3.63) is 56.0 Å². The molecule has 136 valence electrons. The van der Waals surface area contributed by atoms with Crippen molar-refractivity contribution in [2.24, 2.45) is 0 Å². The second kappa shape index (κ2) is 10.3. The van der Waals surface area contributed by atoms with Crippen LogP contribution in [0.15, 0.2) is 34.8 Å². The van der Waals surface area contributed by atoms with Gasteiger partial charge >= 0.3 is 0 Å². The summed E-state index contributed by atoms with van der Waals surface area (Å²) in [5.41, 5.74) is 2.00. The molecule has 3 nitrogen and oxygen atoms in total. The molecule has 0 aromatic heterocycles. The van der Waals surface area contributed by atoms with E-state index in [2.05, 4.69) is 28.2 Å². The minimum atomic E-state index is 0.340. The molecule has 0 unspecified atom stereocenters. The summed E-state index contributed by atoms with van der Waals surface area (Å²) in [6.07, 6.45) is 2.34. The fourth-order valence-electron chi connectivity index (χ4n) is 2.30. The standard InChI is InChI=1S/C19H22BrCl2NO2/c1-3-4-7-23-11-14-8-18(24-2)19(10-16(14)20)25-12-13-5-6-15(21)9-17(13)22/h5-6,8-10,23H,3-4,7,11-12H2,1-2H3. The third-order valence-electron chi connectivity index (χ3n) is 3.75. The average Bonchev–Trinajstić information content (AvgIpc) is 2.59. The lowest BCUT2D eigenvalue weighted by Crippen LogP contribution is -2.15. The summed E-state index contributed by atoms with van der Waals surface area (Å²) >= 11 is 15.7. The molecule has 1 N–H and O–H groups in total. The van der Waals surface area contributed by atoms with Crippen molar-refractivity contribution < 1.29 is 9.47 Å². The van der Waals surface area contributed by atoms with Crippen molar-refractivity contribution in [3.8, 4) is 11.5 Å².